The van der Waals surface area contributed by atoms with E-state index in [1.165, 1.54) is 0 Å². The van der Waals surface area contributed by atoms with Crippen LogP contribution in [0, 0.1) is 5.41 Å². The van der Waals surface area contributed by atoms with Gasteiger partial charge in [0.2, 0.25) is 0 Å². The Kier molecular flexibility index (Phi) is 4.33. The van der Waals surface area contributed by atoms with E-state index in [4.69, 9.17) is 9.84 Å². The predicted molar refractivity (Wildman–Crippen MR) is 62.5 cm³/mol. The van der Waals surface area contributed by atoms with E-state index in [-0.39, 0.29) is 17.6 Å². The topological polar surface area (TPSA) is 58.6 Å². The molecule has 1 rings (SSSR count). The van der Waals surface area contributed by atoms with Crippen molar-refractivity contribution in [3.63, 3.8) is 0 Å². The number of aliphatic carboxylic acids is 1. The number of ether oxygens (including phenoxy) is 1. The summed E-state index contributed by atoms with van der Waals surface area (Å²) in [4.78, 5) is 10.8. The largest absolute Gasteiger partial charge is 0.480 e. The van der Waals surface area contributed by atoms with Gasteiger partial charge in [0.15, 0.2) is 0 Å². The molecule has 4 heteroatoms. The number of hydrogen-bond donors (Lipinski definition) is 2. The highest BCUT2D eigenvalue weighted by molar-refractivity contribution is 5.72. The minimum Gasteiger partial charge on any atom is -0.480 e. The number of carbonyl (C=O) groups is 1. The molecule has 0 saturated heterocycles. The fourth-order valence-corrected chi connectivity index (χ4v) is 2.38. The predicted octanol–water partition coefficient (Wildman–Crippen LogP) is 1.64. The molecule has 4 nitrogen and oxygen atoms in total. The Morgan fingerprint density at radius 1 is 1.62 bits per heavy atom. The lowest BCUT2D eigenvalue weighted by Crippen LogP contribution is -2.64. The van der Waals surface area contributed by atoms with Gasteiger partial charge in [-0.15, -0.1) is 0 Å². The lowest BCUT2D eigenvalue weighted by molar-refractivity contribution is -0.146. The minimum absolute atomic E-state index is 0.0692. The van der Waals surface area contributed by atoms with Crippen LogP contribution in [0.4, 0.5) is 0 Å². The molecule has 0 aromatic heterocycles. The molecule has 94 valence electrons. The molecule has 16 heavy (non-hydrogen) atoms. The number of hydrogen-bond acceptors (Lipinski definition) is 3. The lowest BCUT2D eigenvalue weighted by Gasteiger charge is -2.54. The molecule has 0 heterocycles. The zero-order valence-corrected chi connectivity index (χ0v) is 10.6. The maximum atomic E-state index is 10.8. The van der Waals surface area contributed by atoms with Crippen molar-refractivity contribution in [2.45, 2.75) is 58.7 Å². The highest BCUT2D eigenvalue weighted by Gasteiger charge is 2.51. The lowest BCUT2D eigenvalue weighted by atomic mass is 9.61. The van der Waals surface area contributed by atoms with E-state index < -0.39 is 12.0 Å². The summed E-state index contributed by atoms with van der Waals surface area (Å²) in [6.07, 6.45) is 2.18. The van der Waals surface area contributed by atoms with Crippen molar-refractivity contribution in [1.82, 2.24) is 5.32 Å². The van der Waals surface area contributed by atoms with Gasteiger partial charge in [0.1, 0.15) is 6.04 Å². The van der Waals surface area contributed by atoms with Gasteiger partial charge in [0.05, 0.1) is 6.10 Å². The van der Waals surface area contributed by atoms with Gasteiger partial charge in [0, 0.05) is 18.1 Å². The number of carboxylic acids is 1. The quantitative estimate of drug-likeness (QED) is 0.727. The number of rotatable bonds is 6. The van der Waals surface area contributed by atoms with Crippen molar-refractivity contribution >= 4 is 5.97 Å². The monoisotopic (exact) mass is 229 g/mol. The van der Waals surface area contributed by atoms with Crippen LogP contribution >= 0.6 is 0 Å². The molecule has 4 atom stereocenters. The molecule has 0 aromatic carbocycles. The Bertz CT molecular complexity index is 257. The molecule has 0 radical (unpaired) electrons. The maximum absolute atomic E-state index is 10.8. The van der Waals surface area contributed by atoms with Crippen LogP contribution in [-0.2, 0) is 9.53 Å². The molecule has 1 saturated carbocycles. The zero-order chi connectivity index (χ0) is 12.3. The summed E-state index contributed by atoms with van der Waals surface area (Å²) < 4.78 is 5.67. The normalized spacial score (nSPS) is 35.5. The van der Waals surface area contributed by atoms with Gasteiger partial charge in [-0.05, 0) is 26.7 Å². The highest BCUT2D eigenvalue weighted by Crippen LogP contribution is 2.45. The molecule has 1 aliphatic carbocycles. The van der Waals surface area contributed by atoms with Crippen molar-refractivity contribution in [3.05, 3.63) is 0 Å². The molecule has 1 aliphatic rings. The van der Waals surface area contributed by atoms with Gasteiger partial charge < -0.3 is 15.2 Å². The van der Waals surface area contributed by atoms with Crippen LogP contribution in [-0.4, -0.2) is 35.9 Å². The first-order valence-electron chi connectivity index (χ1n) is 6.06. The van der Waals surface area contributed by atoms with E-state index in [9.17, 15) is 4.79 Å². The van der Waals surface area contributed by atoms with Gasteiger partial charge in [0.25, 0.3) is 0 Å². The summed E-state index contributed by atoms with van der Waals surface area (Å²) in [7, 11) is 0. The Balaban J connectivity index is 2.55. The van der Waals surface area contributed by atoms with Crippen molar-refractivity contribution in [2.75, 3.05) is 6.61 Å². The summed E-state index contributed by atoms with van der Waals surface area (Å²) in [5.41, 5.74) is 0.0692. The third-order valence-corrected chi connectivity index (χ3v) is 3.93. The minimum atomic E-state index is -0.793. The smallest absolute Gasteiger partial charge is 0.320 e. The molecule has 0 spiro atoms. The maximum Gasteiger partial charge on any atom is 0.320 e. The highest BCUT2D eigenvalue weighted by atomic mass is 16.5. The molecule has 0 aromatic rings. The van der Waals surface area contributed by atoms with Gasteiger partial charge >= 0.3 is 5.97 Å². The summed E-state index contributed by atoms with van der Waals surface area (Å²) >= 11 is 0. The Labute approximate surface area is 97.4 Å². The van der Waals surface area contributed by atoms with Crippen LogP contribution < -0.4 is 5.32 Å². The average molecular weight is 229 g/mol. The van der Waals surface area contributed by atoms with Gasteiger partial charge in [-0.3, -0.25) is 4.79 Å². The van der Waals surface area contributed by atoms with Crippen LogP contribution in [0.25, 0.3) is 0 Å². The molecule has 0 aliphatic heterocycles. The van der Waals surface area contributed by atoms with Gasteiger partial charge in [-0.2, -0.15) is 0 Å². The van der Waals surface area contributed by atoms with E-state index >= 15 is 0 Å². The fraction of sp³-hybridized carbons (Fsp3) is 0.917. The number of carboxylic acid groups (broad SMARTS) is 1. The SMILES string of the molecule is CCOC1CC(NC(C)C(=O)O)C1(C)CC. The number of nitrogens with one attached hydrogen (secondary N) is 1. The van der Waals surface area contributed by atoms with Crippen molar-refractivity contribution in [3.8, 4) is 0 Å². The summed E-state index contributed by atoms with van der Waals surface area (Å²) in [6, 6.07) is -0.237. The first kappa shape index (κ1) is 13.5. The summed E-state index contributed by atoms with van der Waals surface area (Å²) in [5, 5.41) is 12.0. The second-order valence-electron chi connectivity index (χ2n) is 4.82. The third kappa shape index (κ3) is 2.38. The zero-order valence-electron chi connectivity index (χ0n) is 10.6. The van der Waals surface area contributed by atoms with E-state index in [2.05, 4.69) is 19.2 Å². The van der Waals surface area contributed by atoms with E-state index in [0.717, 1.165) is 19.4 Å². The summed E-state index contributed by atoms with van der Waals surface area (Å²) in [5.74, 6) is -0.793. The average Bonchev–Trinajstić information content (AvgIpc) is 2.26. The first-order chi connectivity index (χ1) is 7.45. The van der Waals surface area contributed by atoms with Crippen molar-refractivity contribution < 1.29 is 14.6 Å². The van der Waals surface area contributed by atoms with E-state index in [1.54, 1.807) is 6.92 Å². The molecular weight excluding hydrogens is 206 g/mol. The fourth-order valence-electron chi connectivity index (χ4n) is 2.38. The van der Waals surface area contributed by atoms with Gasteiger partial charge in [-0.25, -0.2) is 0 Å². The van der Waals surface area contributed by atoms with Crippen LogP contribution in [0.3, 0.4) is 0 Å². The van der Waals surface area contributed by atoms with Gasteiger partial charge in [-0.1, -0.05) is 13.8 Å². The summed E-state index contributed by atoms with van der Waals surface area (Å²) in [6.45, 7) is 8.71. The van der Waals surface area contributed by atoms with E-state index in [0.29, 0.717) is 0 Å². The molecule has 2 N–H and O–H groups in total. The molecule has 0 bridgehead atoms. The Hall–Kier alpha value is -0.610. The van der Waals surface area contributed by atoms with Crippen LogP contribution in [0.1, 0.15) is 40.5 Å². The third-order valence-electron chi connectivity index (χ3n) is 3.93. The Morgan fingerprint density at radius 2 is 2.25 bits per heavy atom. The van der Waals surface area contributed by atoms with Crippen molar-refractivity contribution in [1.29, 1.82) is 0 Å². The second-order valence-corrected chi connectivity index (χ2v) is 4.82. The Morgan fingerprint density at radius 3 is 2.69 bits per heavy atom. The first-order valence-corrected chi connectivity index (χ1v) is 6.06. The molecule has 4 unspecified atom stereocenters. The molecule has 1 fully saturated rings. The molecular formula is C12H23NO3. The van der Waals surface area contributed by atoms with Crippen molar-refractivity contribution in [2.24, 2.45) is 5.41 Å². The second kappa shape index (κ2) is 5.15. The van der Waals surface area contributed by atoms with E-state index in [1.807, 2.05) is 6.92 Å². The molecule has 0 amide bonds. The van der Waals surface area contributed by atoms with Crippen LogP contribution in [0.2, 0.25) is 0 Å². The standard InChI is InChI=1S/C12H23NO3/c1-5-12(4)9(7-10(12)16-6-2)13-8(3)11(14)15/h8-10,13H,5-7H2,1-4H3,(H,14,15). The van der Waals surface area contributed by atoms with Crippen LogP contribution in [0.5, 0.6) is 0 Å². The van der Waals surface area contributed by atoms with Crippen LogP contribution in [0.15, 0.2) is 0 Å².